The molecule has 1 fully saturated rings. The van der Waals surface area contributed by atoms with Gasteiger partial charge in [-0.15, -0.1) is 0 Å². The average Bonchev–Trinajstić information content (AvgIpc) is 2.12. The highest BCUT2D eigenvalue weighted by Crippen LogP contribution is 2.23. The van der Waals surface area contributed by atoms with Crippen LogP contribution in [0.4, 0.5) is 0 Å². The second-order valence-electron chi connectivity index (χ2n) is 1.85. The maximum Gasteiger partial charge on any atom is 0.138 e. The minimum Gasteiger partial charge on any atom is -0.0806 e. The molecule has 0 bridgehead atoms. The van der Waals surface area contributed by atoms with Gasteiger partial charge in [0, 0.05) is 0 Å². The molecule has 0 unspecified atom stereocenters. The van der Waals surface area contributed by atoms with Crippen molar-refractivity contribution in [3.8, 4) is 0 Å². The van der Waals surface area contributed by atoms with Gasteiger partial charge in [-0.1, -0.05) is 25.9 Å². The zero-order valence-electron chi connectivity index (χ0n) is 3.70. The molecule has 28 valence electrons. The Morgan fingerprint density at radius 2 is 2.20 bits per heavy atom. The summed E-state index contributed by atoms with van der Waals surface area (Å²) in [6.45, 7) is 3.40. The van der Waals surface area contributed by atoms with Crippen LogP contribution < -0.4 is 0 Å². The van der Waals surface area contributed by atoms with E-state index in [9.17, 15) is 0 Å². The molecule has 0 nitrogen and oxygen atoms in total. The predicted octanol–water partition coefficient (Wildman–Crippen LogP) is 1.51. The van der Waals surface area contributed by atoms with Crippen LogP contribution in [-0.4, -0.2) is 6.71 Å². The predicted molar refractivity (Wildman–Crippen MR) is 25.8 cm³/mol. The van der Waals surface area contributed by atoms with E-state index >= 15 is 0 Å². The van der Waals surface area contributed by atoms with Crippen LogP contribution in [0.5, 0.6) is 0 Å². The highest BCUT2D eigenvalue weighted by molar-refractivity contribution is 6.69. The summed E-state index contributed by atoms with van der Waals surface area (Å²) in [5.41, 5.74) is 0. The number of rotatable bonds is 1. The van der Waals surface area contributed by atoms with E-state index in [1.165, 1.54) is 19.0 Å². The van der Waals surface area contributed by atoms with Crippen molar-refractivity contribution in [2.24, 2.45) is 0 Å². The van der Waals surface area contributed by atoms with Gasteiger partial charge in [-0.25, -0.2) is 0 Å². The molecule has 0 aliphatic carbocycles. The van der Waals surface area contributed by atoms with Gasteiger partial charge in [-0.3, -0.25) is 0 Å². The Morgan fingerprint density at radius 3 is 2.20 bits per heavy atom. The fraction of sp³-hybridized carbons (Fsp3) is 1.00. The van der Waals surface area contributed by atoms with E-state index in [0.717, 1.165) is 6.71 Å². The van der Waals surface area contributed by atoms with Crippen LogP contribution in [0, 0.1) is 0 Å². The fourth-order valence-electron chi connectivity index (χ4n) is 0.526. The summed E-state index contributed by atoms with van der Waals surface area (Å²) in [7, 11) is 0. The Hall–Kier alpha value is 0.0649. The maximum absolute atomic E-state index is 2.26. The van der Waals surface area contributed by atoms with Crippen LogP contribution >= 0.6 is 0 Å². The van der Waals surface area contributed by atoms with Crippen LogP contribution in [0.3, 0.4) is 0 Å². The van der Waals surface area contributed by atoms with E-state index in [4.69, 9.17) is 0 Å². The van der Waals surface area contributed by atoms with Gasteiger partial charge in [-0.05, 0) is 0 Å². The highest BCUT2D eigenvalue weighted by atomic mass is 13.9. The molecule has 1 aliphatic rings. The van der Waals surface area contributed by atoms with E-state index in [0.29, 0.717) is 0 Å². The second kappa shape index (κ2) is 1.04. The Labute approximate surface area is 33.7 Å². The molecule has 0 N–H and O–H groups in total. The summed E-state index contributed by atoms with van der Waals surface area (Å²) in [4.78, 5) is 0. The van der Waals surface area contributed by atoms with Crippen LogP contribution in [0.2, 0.25) is 19.0 Å². The van der Waals surface area contributed by atoms with Crippen LogP contribution in [0.1, 0.15) is 6.92 Å². The Morgan fingerprint density at radius 1 is 1.60 bits per heavy atom. The van der Waals surface area contributed by atoms with Gasteiger partial charge >= 0.3 is 0 Å². The molecular weight excluding hydrogens is 58.9 g/mol. The topological polar surface area (TPSA) is 0 Å². The summed E-state index contributed by atoms with van der Waals surface area (Å²) in [6.07, 6.45) is 4.44. The zero-order valence-corrected chi connectivity index (χ0v) is 3.70. The average molecular weight is 67.9 g/mol. The molecule has 0 aromatic heterocycles. The minimum absolute atomic E-state index is 1.13. The standard InChI is InChI=1S/C4H9B/c1-2-5-3-4-5/h2-4H2,1H3. The summed E-state index contributed by atoms with van der Waals surface area (Å²) >= 11 is 0. The van der Waals surface area contributed by atoms with Crippen molar-refractivity contribution >= 4 is 6.71 Å². The molecule has 0 amide bonds. The Kier molecular flexibility index (Phi) is 0.677. The number of hydrogen-bond donors (Lipinski definition) is 0. The first-order valence-electron chi connectivity index (χ1n) is 2.43. The van der Waals surface area contributed by atoms with Gasteiger partial charge < -0.3 is 0 Å². The monoisotopic (exact) mass is 68.1 g/mol. The maximum atomic E-state index is 2.26. The molecule has 1 aliphatic heterocycles. The summed E-state index contributed by atoms with van der Waals surface area (Å²) < 4.78 is 0. The van der Waals surface area contributed by atoms with Crippen LogP contribution in [0.15, 0.2) is 0 Å². The van der Waals surface area contributed by atoms with Crippen molar-refractivity contribution in [3.05, 3.63) is 0 Å². The molecule has 1 saturated heterocycles. The van der Waals surface area contributed by atoms with Gasteiger partial charge in [0.2, 0.25) is 0 Å². The van der Waals surface area contributed by atoms with Crippen LogP contribution in [0.25, 0.3) is 0 Å². The SMILES string of the molecule is CCB1CC1. The lowest BCUT2D eigenvalue weighted by atomic mass is 9.68. The molecule has 0 radical (unpaired) electrons. The first-order chi connectivity index (χ1) is 2.43. The third kappa shape index (κ3) is 0.676. The highest BCUT2D eigenvalue weighted by Gasteiger charge is 2.22. The van der Waals surface area contributed by atoms with E-state index in [1.54, 1.807) is 0 Å². The second-order valence-corrected chi connectivity index (χ2v) is 1.85. The van der Waals surface area contributed by atoms with E-state index in [1.807, 2.05) is 0 Å². The third-order valence-electron chi connectivity index (χ3n) is 1.27. The van der Waals surface area contributed by atoms with Crippen molar-refractivity contribution < 1.29 is 0 Å². The summed E-state index contributed by atoms with van der Waals surface area (Å²) in [5.74, 6) is 0. The normalized spacial score (nSPS) is 19.8. The van der Waals surface area contributed by atoms with Crippen molar-refractivity contribution in [2.45, 2.75) is 25.9 Å². The fourth-order valence-corrected chi connectivity index (χ4v) is 0.526. The van der Waals surface area contributed by atoms with Crippen molar-refractivity contribution in [3.63, 3.8) is 0 Å². The Bertz CT molecular complexity index is 30.6. The lowest BCUT2D eigenvalue weighted by Crippen LogP contribution is -1.75. The molecule has 1 rings (SSSR count). The quantitative estimate of drug-likeness (QED) is 0.408. The molecule has 0 atom stereocenters. The molecule has 5 heavy (non-hydrogen) atoms. The third-order valence-corrected chi connectivity index (χ3v) is 1.27. The van der Waals surface area contributed by atoms with E-state index in [-0.39, 0.29) is 0 Å². The number of hydrogen-bond acceptors (Lipinski definition) is 0. The van der Waals surface area contributed by atoms with Gasteiger partial charge in [0.25, 0.3) is 0 Å². The molecule has 0 spiro atoms. The lowest BCUT2D eigenvalue weighted by Gasteiger charge is -1.67. The van der Waals surface area contributed by atoms with E-state index < -0.39 is 0 Å². The smallest absolute Gasteiger partial charge is 0.0806 e. The molecule has 0 aromatic rings. The molecule has 0 aromatic carbocycles. The first kappa shape index (κ1) is 3.26. The largest absolute Gasteiger partial charge is 0.138 e. The van der Waals surface area contributed by atoms with Crippen molar-refractivity contribution in [2.75, 3.05) is 0 Å². The first-order valence-corrected chi connectivity index (χ1v) is 2.43. The van der Waals surface area contributed by atoms with Gasteiger partial charge in [0.15, 0.2) is 0 Å². The van der Waals surface area contributed by atoms with Crippen molar-refractivity contribution in [1.29, 1.82) is 0 Å². The van der Waals surface area contributed by atoms with E-state index in [2.05, 4.69) is 6.92 Å². The Balaban J connectivity index is 2.00. The summed E-state index contributed by atoms with van der Waals surface area (Å²) in [5, 5.41) is 0. The van der Waals surface area contributed by atoms with Gasteiger partial charge in [-0.2, -0.15) is 0 Å². The van der Waals surface area contributed by atoms with Crippen LogP contribution in [-0.2, 0) is 0 Å². The molecule has 0 saturated carbocycles. The molecule has 1 heterocycles. The minimum atomic E-state index is 1.13. The molecular formula is C4H9B. The van der Waals surface area contributed by atoms with Crippen molar-refractivity contribution in [1.82, 2.24) is 0 Å². The molecule has 1 heteroatoms. The van der Waals surface area contributed by atoms with Gasteiger partial charge in [0.05, 0.1) is 0 Å². The zero-order chi connectivity index (χ0) is 3.70. The summed E-state index contributed by atoms with van der Waals surface area (Å²) in [6, 6.07) is 0. The lowest BCUT2D eigenvalue weighted by molar-refractivity contribution is 1.45. The van der Waals surface area contributed by atoms with Gasteiger partial charge in [0.1, 0.15) is 6.71 Å².